The molecule has 0 heterocycles. The van der Waals surface area contributed by atoms with Crippen LogP contribution in [0.1, 0.15) is 39.5 Å². The first-order valence-electron chi connectivity index (χ1n) is 2.91. The monoisotopic (exact) mass is 110 g/mol. The molecule has 0 rings (SSSR count). The molecule has 0 aromatic carbocycles. The van der Waals surface area contributed by atoms with E-state index in [1.165, 1.54) is 25.7 Å². The van der Waals surface area contributed by atoms with E-state index in [1.807, 2.05) is 0 Å². The quantitative estimate of drug-likeness (QED) is 0.384. The number of hydrogen-bond donors (Lipinski definition) is 0. The van der Waals surface area contributed by atoms with E-state index in [0.717, 1.165) is 0 Å². The Morgan fingerprint density at radius 1 is 0.857 bits per heavy atom. The van der Waals surface area contributed by atoms with Gasteiger partial charge in [-0.3, -0.25) is 0 Å². The van der Waals surface area contributed by atoms with Gasteiger partial charge in [0.05, 0.1) is 0 Å². The van der Waals surface area contributed by atoms with E-state index in [9.17, 15) is 0 Å². The molecule has 0 N–H and O–H groups in total. The summed E-state index contributed by atoms with van der Waals surface area (Å²) in [6.07, 6.45) is 5.54. The van der Waals surface area contributed by atoms with Crippen molar-refractivity contribution in [2.24, 2.45) is 0 Å². The summed E-state index contributed by atoms with van der Waals surface area (Å²) in [6, 6.07) is 0. The second kappa shape index (κ2) is 10.1. The molecule has 0 aliphatic carbocycles. The average molecular weight is 110 g/mol. The Labute approximate surface area is 69.0 Å². The number of unbranched alkanes of at least 4 members (excludes halogenated alkanes) is 3. The normalized spacial score (nSPS) is 7.71. The van der Waals surface area contributed by atoms with Crippen LogP contribution in [0.3, 0.4) is 0 Å². The topological polar surface area (TPSA) is 0 Å². The minimum atomic E-state index is 0. The predicted octanol–water partition coefficient (Wildman–Crippen LogP) is 1.94. The van der Waals surface area contributed by atoms with Gasteiger partial charge in [-0.2, -0.15) is 0 Å². The van der Waals surface area contributed by atoms with Crippen molar-refractivity contribution < 1.29 is 0 Å². The molecular weight excluding hydrogens is 95.1 g/mol. The van der Waals surface area contributed by atoms with Crippen molar-refractivity contribution in [1.82, 2.24) is 0 Å². The van der Waals surface area contributed by atoms with Crippen molar-refractivity contribution >= 4 is 29.6 Å². The fourth-order valence-electron chi connectivity index (χ4n) is 0.500. The summed E-state index contributed by atoms with van der Waals surface area (Å²) in [4.78, 5) is 0. The van der Waals surface area contributed by atoms with Crippen molar-refractivity contribution in [2.75, 3.05) is 0 Å². The van der Waals surface area contributed by atoms with Crippen LogP contribution in [0, 0.1) is 0 Å². The Morgan fingerprint density at radius 2 is 1.14 bits per heavy atom. The molecule has 0 radical (unpaired) electrons. The van der Waals surface area contributed by atoms with Gasteiger partial charge >= 0.3 is 29.6 Å². The first-order chi connectivity index (χ1) is 2.91. The third-order valence-corrected chi connectivity index (χ3v) is 0.957. The molecule has 0 saturated carbocycles. The summed E-state index contributed by atoms with van der Waals surface area (Å²) >= 11 is 0. The Bertz CT molecular complexity index is 16.1. The Morgan fingerprint density at radius 3 is 1.29 bits per heavy atom. The van der Waals surface area contributed by atoms with E-state index in [2.05, 4.69) is 13.8 Å². The average Bonchev–Trinajstić information content (AvgIpc) is 1.61. The molecule has 0 saturated heterocycles. The van der Waals surface area contributed by atoms with Crippen molar-refractivity contribution in [3.63, 3.8) is 0 Å². The molecule has 0 aliphatic rings. The number of rotatable bonds is 3. The molecule has 40 valence electrons. The zero-order valence-electron chi connectivity index (χ0n) is 4.83. The van der Waals surface area contributed by atoms with Crippen molar-refractivity contribution in [1.29, 1.82) is 0 Å². The van der Waals surface area contributed by atoms with E-state index >= 15 is 0 Å². The molecule has 0 atom stereocenters. The van der Waals surface area contributed by atoms with Crippen LogP contribution in [0.25, 0.3) is 0 Å². The fourth-order valence-corrected chi connectivity index (χ4v) is 0.500. The second-order valence-corrected chi connectivity index (χ2v) is 1.71. The van der Waals surface area contributed by atoms with Crippen molar-refractivity contribution in [2.45, 2.75) is 39.5 Å². The van der Waals surface area contributed by atoms with E-state index < -0.39 is 0 Å². The molecule has 0 unspecified atom stereocenters. The van der Waals surface area contributed by atoms with Gasteiger partial charge in [0.25, 0.3) is 0 Å². The second-order valence-electron chi connectivity index (χ2n) is 1.71. The molecule has 0 aromatic rings. The van der Waals surface area contributed by atoms with Crippen LogP contribution < -0.4 is 0 Å². The zero-order chi connectivity index (χ0) is 4.83. The molecule has 0 aliphatic heterocycles. The molecule has 0 aromatic heterocycles. The molecular formula is C6H15Na. The molecule has 0 spiro atoms. The summed E-state index contributed by atoms with van der Waals surface area (Å²) in [6.45, 7) is 4.46. The SMILES string of the molecule is CCCCCC.[NaH]. The van der Waals surface area contributed by atoms with E-state index in [4.69, 9.17) is 0 Å². The van der Waals surface area contributed by atoms with Crippen LogP contribution >= 0.6 is 0 Å². The van der Waals surface area contributed by atoms with Gasteiger partial charge in [0, 0.05) is 0 Å². The van der Waals surface area contributed by atoms with Gasteiger partial charge in [-0.15, -0.1) is 0 Å². The van der Waals surface area contributed by atoms with Gasteiger partial charge in [-0.25, -0.2) is 0 Å². The molecule has 0 fully saturated rings. The molecule has 0 amide bonds. The van der Waals surface area contributed by atoms with E-state index in [1.54, 1.807) is 0 Å². The van der Waals surface area contributed by atoms with Crippen LogP contribution in [-0.2, 0) is 0 Å². The van der Waals surface area contributed by atoms with Crippen molar-refractivity contribution in [3.05, 3.63) is 0 Å². The van der Waals surface area contributed by atoms with Gasteiger partial charge in [0.1, 0.15) is 0 Å². The maximum atomic E-state index is 2.23. The molecule has 0 bridgehead atoms. The summed E-state index contributed by atoms with van der Waals surface area (Å²) in [5.41, 5.74) is 0. The molecule has 0 nitrogen and oxygen atoms in total. The molecule has 1 heteroatoms. The summed E-state index contributed by atoms with van der Waals surface area (Å²) in [7, 11) is 0. The first-order valence-corrected chi connectivity index (χ1v) is 2.91. The molecule has 7 heavy (non-hydrogen) atoms. The van der Waals surface area contributed by atoms with Gasteiger partial charge in [0.15, 0.2) is 0 Å². The Kier molecular flexibility index (Phi) is 15.7. The van der Waals surface area contributed by atoms with E-state index in [-0.39, 0.29) is 29.6 Å². The maximum absolute atomic E-state index is 2.23. The van der Waals surface area contributed by atoms with Crippen LogP contribution in [0.4, 0.5) is 0 Å². The Balaban J connectivity index is 0. The number of hydrogen-bond acceptors (Lipinski definition) is 0. The third-order valence-electron chi connectivity index (χ3n) is 0.957. The fraction of sp³-hybridized carbons (Fsp3) is 1.00. The summed E-state index contributed by atoms with van der Waals surface area (Å²) in [5, 5.41) is 0. The zero-order valence-corrected chi connectivity index (χ0v) is 4.83. The summed E-state index contributed by atoms with van der Waals surface area (Å²) < 4.78 is 0. The van der Waals surface area contributed by atoms with Gasteiger partial charge in [0.2, 0.25) is 0 Å². The van der Waals surface area contributed by atoms with Crippen LogP contribution in [-0.4, -0.2) is 29.6 Å². The van der Waals surface area contributed by atoms with Crippen molar-refractivity contribution in [3.8, 4) is 0 Å². The minimum absolute atomic E-state index is 0. The van der Waals surface area contributed by atoms with Crippen LogP contribution in [0.15, 0.2) is 0 Å². The Hall–Kier alpha value is 1.00. The van der Waals surface area contributed by atoms with Crippen LogP contribution in [0.2, 0.25) is 0 Å². The summed E-state index contributed by atoms with van der Waals surface area (Å²) in [5.74, 6) is 0. The van der Waals surface area contributed by atoms with Gasteiger partial charge in [-0.05, 0) is 0 Å². The standard InChI is InChI=1S/C6H14.Na.H/c1-3-5-6-4-2;;/h3-6H2,1-2H3;;. The van der Waals surface area contributed by atoms with Gasteiger partial charge in [-0.1, -0.05) is 39.5 Å². The van der Waals surface area contributed by atoms with E-state index in [0.29, 0.717) is 0 Å². The first kappa shape index (κ1) is 10.9. The van der Waals surface area contributed by atoms with Crippen LogP contribution in [0.5, 0.6) is 0 Å². The third kappa shape index (κ3) is 10.9. The van der Waals surface area contributed by atoms with Gasteiger partial charge < -0.3 is 0 Å². The predicted molar refractivity (Wildman–Crippen MR) is 37.0 cm³/mol.